The van der Waals surface area contributed by atoms with Crippen molar-refractivity contribution in [2.24, 2.45) is 0 Å². The van der Waals surface area contributed by atoms with Crippen molar-refractivity contribution in [3.05, 3.63) is 60.0 Å². The molecule has 1 aromatic heterocycles. The summed E-state index contributed by atoms with van der Waals surface area (Å²) in [5.74, 6) is 0.317. The van der Waals surface area contributed by atoms with Crippen LogP contribution in [0.1, 0.15) is 52.1 Å². The van der Waals surface area contributed by atoms with Crippen molar-refractivity contribution < 1.29 is 17.7 Å². The normalized spacial score (nSPS) is 13.1. The van der Waals surface area contributed by atoms with Gasteiger partial charge in [0, 0.05) is 18.2 Å². The number of benzene rings is 2. The zero-order valence-electron chi connectivity index (χ0n) is 18.1. The first-order valence-electron chi connectivity index (χ1n) is 9.80. The van der Waals surface area contributed by atoms with Crippen LogP contribution < -0.4 is 10.0 Å². The molecule has 0 spiro atoms. The minimum absolute atomic E-state index is 0.0358. The van der Waals surface area contributed by atoms with Crippen molar-refractivity contribution in [3.63, 3.8) is 0 Å². The molecule has 0 aliphatic rings. The highest BCUT2D eigenvalue weighted by atomic mass is 32.2. The van der Waals surface area contributed by atoms with Crippen molar-refractivity contribution >= 4 is 21.6 Å². The van der Waals surface area contributed by atoms with Gasteiger partial charge in [-0.25, -0.2) is 8.42 Å². The second-order valence-electron chi connectivity index (χ2n) is 8.33. The molecule has 1 atom stereocenters. The maximum absolute atomic E-state index is 12.7. The van der Waals surface area contributed by atoms with Gasteiger partial charge in [-0.1, -0.05) is 50.2 Å². The number of sulfonamides is 1. The lowest BCUT2D eigenvalue weighted by molar-refractivity contribution is -0.114. The van der Waals surface area contributed by atoms with Crippen LogP contribution in [0.3, 0.4) is 0 Å². The lowest BCUT2D eigenvalue weighted by atomic mass is 9.87. The van der Waals surface area contributed by atoms with E-state index in [1.807, 2.05) is 24.3 Å². The van der Waals surface area contributed by atoms with Crippen molar-refractivity contribution in [1.29, 1.82) is 0 Å². The Kier molecular flexibility index (Phi) is 6.28. The van der Waals surface area contributed by atoms with Crippen LogP contribution in [0.25, 0.3) is 11.4 Å². The molecule has 2 aromatic carbocycles. The van der Waals surface area contributed by atoms with Gasteiger partial charge in [-0.15, -0.1) is 0 Å². The van der Waals surface area contributed by atoms with E-state index >= 15 is 0 Å². The summed E-state index contributed by atoms with van der Waals surface area (Å²) in [6.45, 7) is 9.41. The van der Waals surface area contributed by atoms with Gasteiger partial charge in [0.15, 0.2) is 0 Å². The highest BCUT2D eigenvalue weighted by Crippen LogP contribution is 2.26. The number of hydrogen-bond acceptors (Lipinski definition) is 6. The third-order valence-corrected chi connectivity index (χ3v) is 6.19. The molecule has 31 heavy (non-hydrogen) atoms. The highest BCUT2D eigenvalue weighted by molar-refractivity contribution is 7.89. The van der Waals surface area contributed by atoms with E-state index in [0.29, 0.717) is 11.5 Å². The Hall–Kier alpha value is -3.04. The number of nitrogens with one attached hydrogen (secondary N) is 2. The van der Waals surface area contributed by atoms with Crippen LogP contribution in [0.2, 0.25) is 0 Å². The van der Waals surface area contributed by atoms with Gasteiger partial charge >= 0.3 is 0 Å². The average molecular weight is 443 g/mol. The summed E-state index contributed by atoms with van der Waals surface area (Å²) >= 11 is 0. The minimum Gasteiger partial charge on any atom is -0.337 e. The molecule has 0 aliphatic heterocycles. The molecule has 1 amide bonds. The summed E-state index contributed by atoms with van der Waals surface area (Å²) in [5, 5.41) is 6.57. The van der Waals surface area contributed by atoms with Crippen LogP contribution in [0.4, 0.5) is 5.69 Å². The van der Waals surface area contributed by atoms with Crippen LogP contribution in [0.15, 0.2) is 57.9 Å². The fourth-order valence-corrected chi connectivity index (χ4v) is 4.12. The van der Waals surface area contributed by atoms with Gasteiger partial charge in [-0.3, -0.25) is 4.79 Å². The fourth-order valence-electron chi connectivity index (χ4n) is 2.92. The second-order valence-corrected chi connectivity index (χ2v) is 10.0. The topological polar surface area (TPSA) is 114 Å². The van der Waals surface area contributed by atoms with E-state index in [9.17, 15) is 13.2 Å². The standard InChI is InChI=1S/C22H26N4O4S/c1-14(26-31(28,29)19-12-10-18(11-13-19)23-15(2)27)21-24-20(25-30-21)16-6-8-17(9-7-16)22(3,4)5/h6-14,26H,1-5H3,(H,23,27)/t14-/m0/s1. The summed E-state index contributed by atoms with van der Waals surface area (Å²) in [4.78, 5) is 15.5. The van der Waals surface area contributed by atoms with E-state index in [0.717, 1.165) is 5.56 Å². The average Bonchev–Trinajstić information content (AvgIpc) is 3.17. The molecular formula is C22H26N4O4S. The number of amides is 1. The first-order chi connectivity index (χ1) is 14.5. The molecule has 1 heterocycles. The molecule has 164 valence electrons. The van der Waals surface area contributed by atoms with E-state index in [-0.39, 0.29) is 22.1 Å². The number of hydrogen-bond donors (Lipinski definition) is 2. The Balaban J connectivity index is 1.73. The molecule has 2 N–H and O–H groups in total. The molecule has 3 aromatic rings. The zero-order valence-corrected chi connectivity index (χ0v) is 18.9. The molecule has 0 fully saturated rings. The molecule has 8 nitrogen and oxygen atoms in total. The Morgan fingerprint density at radius 2 is 1.65 bits per heavy atom. The van der Waals surface area contributed by atoms with E-state index in [2.05, 4.69) is 41.0 Å². The summed E-state index contributed by atoms with van der Waals surface area (Å²) in [5.41, 5.74) is 2.52. The predicted octanol–water partition coefficient (Wildman–Crippen LogP) is 4.03. The number of carbonyl (C=O) groups is 1. The summed E-state index contributed by atoms with van der Waals surface area (Å²) in [6, 6.07) is 13.0. The van der Waals surface area contributed by atoms with Crippen LogP contribution in [-0.4, -0.2) is 24.5 Å². The molecule has 0 bridgehead atoms. The number of anilines is 1. The largest absolute Gasteiger partial charge is 0.337 e. The predicted molar refractivity (Wildman–Crippen MR) is 118 cm³/mol. The Morgan fingerprint density at radius 1 is 1.03 bits per heavy atom. The molecular weight excluding hydrogens is 416 g/mol. The van der Waals surface area contributed by atoms with Gasteiger partial charge in [0.25, 0.3) is 0 Å². The Bertz CT molecular complexity index is 1160. The molecule has 0 radical (unpaired) electrons. The third-order valence-electron chi connectivity index (χ3n) is 4.64. The molecule has 0 saturated heterocycles. The molecule has 3 rings (SSSR count). The lowest BCUT2D eigenvalue weighted by Gasteiger charge is -2.18. The monoisotopic (exact) mass is 442 g/mol. The Labute approximate surface area is 182 Å². The summed E-state index contributed by atoms with van der Waals surface area (Å²) in [6.07, 6.45) is 0. The van der Waals surface area contributed by atoms with E-state index in [1.54, 1.807) is 6.92 Å². The van der Waals surface area contributed by atoms with Crippen molar-refractivity contribution in [1.82, 2.24) is 14.9 Å². The van der Waals surface area contributed by atoms with Crippen LogP contribution >= 0.6 is 0 Å². The molecule has 0 unspecified atom stereocenters. The van der Waals surface area contributed by atoms with Crippen LogP contribution in [-0.2, 0) is 20.2 Å². The SMILES string of the molecule is CC(=O)Nc1ccc(S(=O)(=O)N[C@@H](C)c2nc(-c3ccc(C(C)(C)C)cc3)no2)cc1. The lowest BCUT2D eigenvalue weighted by Crippen LogP contribution is -2.27. The third kappa shape index (κ3) is 5.56. The Morgan fingerprint density at radius 3 is 2.19 bits per heavy atom. The summed E-state index contributed by atoms with van der Waals surface area (Å²) in [7, 11) is -3.82. The molecule has 0 saturated carbocycles. The summed E-state index contributed by atoms with van der Waals surface area (Å²) < 4.78 is 33.2. The molecule has 9 heteroatoms. The molecule has 0 aliphatic carbocycles. The van der Waals surface area contributed by atoms with Gasteiger partial charge in [0.1, 0.15) is 0 Å². The maximum atomic E-state index is 12.7. The van der Waals surface area contributed by atoms with Crippen LogP contribution in [0, 0.1) is 0 Å². The number of rotatable bonds is 6. The second kappa shape index (κ2) is 8.60. The zero-order chi connectivity index (χ0) is 22.8. The highest BCUT2D eigenvalue weighted by Gasteiger charge is 2.23. The van der Waals surface area contributed by atoms with Gasteiger partial charge < -0.3 is 9.84 Å². The number of aromatic nitrogens is 2. The first-order valence-corrected chi connectivity index (χ1v) is 11.3. The maximum Gasteiger partial charge on any atom is 0.244 e. The van der Waals surface area contributed by atoms with Gasteiger partial charge in [0.05, 0.1) is 10.9 Å². The van der Waals surface area contributed by atoms with E-state index < -0.39 is 16.1 Å². The van der Waals surface area contributed by atoms with E-state index in [1.165, 1.54) is 36.8 Å². The van der Waals surface area contributed by atoms with Crippen molar-refractivity contribution in [2.75, 3.05) is 5.32 Å². The van der Waals surface area contributed by atoms with E-state index in [4.69, 9.17) is 4.52 Å². The smallest absolute Gasteiger partial charge is 0.244 e. The van der Waals surface area contributed by atoms with Crippen LogP contribution in [0.5, 0.6) is 0 Å². The van der Waals surface area contributed by atoms with Gasteiger partial charge in [-0.05, 0) is 42.2 Å². The van der Waals surface area contributed by atoms with Gasteiger partial charge in [0.2, 0.25) is 27.6 Å². The van der Waals surface area contributed by atoms with Crippen molar-refractivity contribution in [3.8, 4) is 11.4 Å². The fraction of sp³-hybridized carbons (Fsp3) is 0.318. The minimum atomic E-state index is -3.82. The quantitative estimate of drug-likeness (QED) is 0.596. The number of carbonyl (C=O) groups excluding carboxylic acids is 1. The first kappa shape index (κ1) is 22.6. The number of nitrogens with zero attached hydrogens (tertiary/aromatic N) is 2. The van der Waals surface area contributed by atoms with Crippen molar-refractivity contribution in [2.45, 2.75) is 51.0 Å². The van der Waals surface area contributed by atoms with Gasteiger partial charge in [-0.2, -0.15) is 9.71 Å².